The molecule has 0 aromatic heterocycles. The minimum Gasteiger partial charge on any atom is -0.420 e. The minimum absolute atomic E-state index is 0.0210. The van der Waals surface area contributed by atoms with Crippen LogP contribution < -0.4 is 4.74 Å². The van der Waals surface area contributed by atoms with Crippen molar-refractivity contribution in [1.82, 2.24) is 0 Å². The number of benzene rings is 2. The van der Waals surface area contributed by atoms with Gasteiger partial charge in [-0.05, 0) is 117 Å². The van der Waals surface area contributed by atoms with E-state index in [1.807, 2.05) is 31.2 Å². The Kier molecular flexibility index (Phi) is 7.80. The molecule has 0 aliphatic heterocycles. The molecule has 174 valence electrons. The Morgan fingerprint density at radius 1 is 1.06 bits per heavy atom. The van der Waals surface area contributed by atoms with Crippen LogP contribution in [0.25, 0.3) is 0 Å². The van der Waals surface area contributed by atoms with Crippen molar-refractivity contribution in [2.75, 3.05) is 0 Å². The lowest BCUT2D eigenvalue weighted by Gasteiger charge is -2.41. The number of esters is 1. The van der Waals surface area contributed by atoms with Crippen LogP contribution in [0.2, 0.25) is 0 Å². The van der Waals surface area contributed by atoms with E-state index >= 15 is 0 Å². The van der Waals surface area contributed by atoms with Gasteiger partial charge in [0.2, 0.25) is 0 Å². The topological polar surface area (TPSA) is 26.3 Å². The van der Waals surface area contributed by atoms with Crippen molar-refractivity contribution < 1.29 is 13.9 Å². The van der Waals surface area contributed by atoms with Crippen LogP contribution in [-0.4, -0.2) is 5.97 Å². The maximum absolute atomic E-state index is 14.4. The summed E-state index contributed by atoms with van der Waals surface area (Å²) in [5.74, 6) is 1.88. The number of ether oxygens (including phenoxy) is 1. The highest BCUT2D eigenvalue weighted by Gasteiger charge is 2.35. The first-order valence-corrected chi connectivity index (χ1v) is 12.4. The number of allylic oxidation sites excluding steroid dienone is 3. The monoisotopic (exact) mass is 446 g/mol. The fourth-order valence-corrected chi connectivity index (χ4v) is 5.69. The van der Waals surface area contributed by atoms with Gasteiger partial charge in [0.15, 0.2) is 11.6 Å². The molecule has 33 heavy (non-hydrogen) atoms. The van der Waals surface area contributed by atoms with Gasteiger partial charge in [0.25, 0.3) is 0 Å². The number of aryl methyl sites for hydroxylation is 1. The molecule has 0 spiro atoms. The number of carbonyl (C=O) groups is 1. The molecule has 0 saturated heterocycles. The molecule has 0 heterocycles. The second-order valence-electron chi connectivity index (χ2n) is 9.72. The van der Waals surface area contributed by atoms with Crippen molar-refractivity contribution in [3.8, 4) is 5.75 Å². The highest BCUT2D eigenvalue weighted by Crippen LogP contribution is 2.47. The summed E-state index contributed by atoms with van der Waals surface area (Å²) < 4.78 is 19.8. The first kappa shape index (κ1) is 23.5. The van der Waals surface area contributed by atoms with Crippen molar-refractivity contribution >= 4 is 5.97 Å². The Balaban J connectivity index is 1.34. The average molecular weight is 447 g/mol. The molecule has 4 rings (SSSR count). The molecule has 2 aliphatic rings. The van der Waals surface area contributed by atoms with E-state index in [2.05, 4.69) is 30.9 Å². The van der Waals surface area contributed by atoms with Gasteiger partial charge in [0.1, 0.15) is 0 Å². The van der Waals surface area contributed by atoms with E-state index in [9.17, 15) is 9.18 Å². The Labute approximate surface area is 197 Å². The molecular weight excluding hydrogens is 411 g/mol. The zero-order valence-electron chi connectivity index (χ0n) is 19.6. The van der Waals surface area contributed by atoms with Crippen LogP contribution in [0, 0.1) is 23.6 Å². The number of carbonyl (C=O) groups excluding carboxylic acids is 1. The highest BCUT2D eigenvalue weighted by atomic mass is 19.1. The summed E-state index contributed by atoms with van der Waals surface area (Å²) in [6, 6.07) is 12.6. The van der Waals surface area contributed by atoms with Crippen LogP contribution in [0.3, 0.4) is 0 Å². The Hall–Kier alpha value is -2.68. The minimum atomic E-state index is -0.520. The van der Waals surface area contributed by atoms with Crippen molar-refractivity contribution in [3.05, 3.63) is 89.8 Å². The van der Waals surface area contributed by atoms with Crippen LogP contribution in [0.5, 0.6) is 5.75 Å². The van der Waals surface area contributed by atoms with Gasteiger partial charge in [-0.15, -0.1) is 6.58 Å². The van der Waals surface area contributed by atoms with Gasteiger partial charge in [-0.3, -0.25) is 0 Å². The lowest BCUT2D eigenvalue weighted by atomic mass is 9.64. The predicted octanol–water partition coefficient (Wildman–Crippen LogP) is 8.04. The third-order valence-electron chi connectivity index (χ3n) is 7.64. The predicted molar refractivity (Wildman–Crippen MR) is 132 cm³/mol. The van der Waals surface area contributed by atoms with Crippen LogP contribution in [0.1, 0.15) is 79.3 Å². The largest absolute Gasteiger partial charge is 0.420 e. The van der Waals surface area contributed by atoms with Crippen LogP contribution in [0.4, 0.5) is 4.39 Å². The van der Waals surface area contributed by atoms with Crippen LogP contribution in [-0.2, 0) is 6.42 Å². The number of halogens is 1. The summed E-state index contributed by atoms with van der Waals surface area (Å²) in [6.07, 6.45) is 15.4. The quantitative estimate of drug-likeness (QED) is 0.244. The standard InChI is InChI=1S/C30H35FO2/c1-3-5-6-7-22-9-17-29(28(31)19-22)33-30(32)24-13-11-23(12-14-24)26-16-15-25-18-21(4-2)8-10-27(25)20-26/h3-5,9,11-14,17,19,21,25-27H,2,6-8,10,15-16,18,20H2,1H3/b5-3+. The smallest absolute Gasteiger partial charge is 0.343 e. The fraction of sp³-hybridized carbons (Fsp3) is 0.433. The van der Waals surface area contributed by atoms with Crippen molar-refractivity contribution in [2.24, 2.45) is 17.8 Å². The zero-order chi connectivity index (χ0) is 23.2. The molecule has 4 unspecified atom stereocenters. The molecular formula is C30H35FO2. The third kappa shape index (κ3) is 5.82. The first-order valence-electron chi connectivity index (χ1n) is 12.4. The highest BCUT2D eigenvalue weighted by molar-refractivity contribution is 5.91. The zero-order valence-corrected chi connectivity index (χ0v) is 19.6. The van der Waals surface area contributed by atoms with E-state index < -0.39 is 11.8 Å². The van der Waals surface area contributed by atoms with E-state index in [4.69, 9.17) is 4.74 Å². The molecule has 2 fully saturated rings. The summed E-state index contributed by atoms with van der Waals surface area (Å²) in [6.45, 7) is 5.96. The molecule has 4 atom stereocenters. The van der Waals surface area contributed by atoms with Gasteiger partial charge < -0.3 is 4.74 Å². The lowest BCUT2D eigenvalue weighted by Crippen LogP contribution is -2.29. The van der Waals surface area contributed by atoms with Crippen molar-refractivity contribution in [3.63, 3.8) is 0 Å². The Bertz CT molecular complexity index is 991. The number of rotatable bonds is 7. The average Bonchev–Trinajstić information content (AvgIpc) is 2.85. The van der Waals surface area contributed by atoms with Gasteiger partial charge in [-0.25, -0.2) is 9.18 Å². The molecule has 2 nitrogen and oxygen atoms in total. The number of fused-ring (bicyclic) bond motifs is 1. The van der Waals surface area contributed by atoms with Crippen molar-refractivity contribution in [1.29, 1.82) is 0 Å². The van der Waals surface area contributed by atoms with Gasteiger partial charge in [-0.2, -0.15) is 0 Å². The maximum Gasteiger partial charge on any atom is 0.343 e. The molecule has 2 aliphatic carbocycles. The van der Waals surface area contributed by atoms with Gasteiger partial charge in [-0.1, -0.05) is 36.4 Å². The molecule has 0 radical (unpaired) electrons. The fourth-order valence-electron chi connectivity index (χ4n) is 5.69. The molecule has 2 aromatic carbocycles. The van der Waals surface area contributed by atoms with E-state index in [1.54, 1.807) is 6.07 Å². The molecule has 2 aromatic rings. The first-order chi connectivity index (χ1) is 16.1. The van der Waals surface area contributed by atoms with Crippen LogP contribution in [0.15, 0.2) is 67.3 Å². The Morgan fingerprint density at radius 3 is 2.55 bits per heavy atom. The summed E-state index contributed by atoms with van der Waals surface area (Å²) in [5.41, 5.74) is 2.64. The number of hydrogen-bond donors (Lipinski definition) is 0. The Morgan fingerprint density at radius 2 is 1.82 bits per heavy atom. The number of hydrogen-bond acceptors (Lipinski definition) is 2. The van der Waals surface area contributed by atoms with E-state index in [-0.39, 0.29) is 5.75 Å². The second kappa shape index (κ2) is 11.0. The summed E-state index contributed by atoms with van der Waals surface area (Å²) >= 11 is 0. The van der Waals surface area contributed by atoms with E-state index in [0.29, 0.717) is 17.4 Å². The molecule has 2 saturated carbocycles. The molecule has 3 heteroatoms. The normalized spacial score (nSPS) is 24.9. The van der Waals surface area contributed by atoms with E-state index in [1.165, 1.54) is 50.2 Å². The lowest BCUT2D eigenvalue weighted by molar-refractivity contribution is 0.0727. The van der Waals surface area contributed by atoms with Gasteiger partial charge in [0, 0.05) is 0 Å². The van der Waals surface area contributed by atoms with Gasteiger partial charge >= 0.3 is 5.97 Å². The summed E-state index contributed by atoms with van der Waals surface area (Å²) in [4.78, 5) is 12.6. The third-order valence-corrected chi connectivity index (χ3v) is 7.64. The molecule has 0 amide bonds. The molecule has 0 bridgehead atoms. The van der Waals surface area contributed by atoms with Gasteiger partial charge in [0.05, 0.1) is 5.56 Å². The van der Waals surface area contributed by atoms with E-state index in [0.717, 1.165) is 30.2 Å². The second-order valence-corrected chi connectivity index (χ2v) is 9.72. The summed E-state index contributed by atoms with van der Waals surface area (Å²) in [5, 5.41) is 0. The van der Waals surface area contributed by atoms with Crippen molar-refractivity contribution in [2.45, 2.75) is 64.2 Å². The SMILES string of the molecule is C=CC1CCC2CC(c3ccc(C(=O)Oc4ccc(CC/C=C/C)cc4F)cc3)CCC2C1. The summed E-state index contributed by atoms with van der Waals surface area (Å²) in [7, 11) is 0. The maximum atomic E-state index is 14.4. The van der Waals surface area contributed by atoms with Crippen LogP contribution >= 0.6 is 0 Å². The molecule has 0 N–H and O–H groups in total.